The Hall–Kier alpha value is 0.110. The van der Waals surface area contributed by atoms with E-state index in [9.17, 15) is 4.57 Å². The van der Waals surface area contributed by atoms with Crippen molar-refractivity contribution in [2.45, 2.75) is 13.3 Å². The molecular weight excluding hydrogens is 165 g/mol. The van der Waals surface area contributed by atoms with Gasteiger partial charge in [-0.15, -0.1) is 0 Å². The lowest BCUT2D eigenvalue weighted by molar-refractivity contribution is 0.183. The Morgan fingerprint density at radius 1 is 1.64 bits per heavy atom. The predicted molar refractivity (Wildman–Crippen MR) is 44.9 cm³/mol. The van der Waals surface area contributed by atoms with Crippen LogP contribution in [0.1, 0.15) is 13.3 Å². The minimum atomic E-state index is -3.03. The summed E-state index contributed by atoms with van der Waals surface area (Å²) in [6.45, 7) is 2.73. The van der Waals surface area contributed by atoms with Crippen molar-refractivity contribution in [1.29, 1.82) is 0 Å². The third-order valence-corrected chi connectivity index (χ3v) is 2.81. The summed E-state index contributed by atoms with van der Waals surface area (Å²) in [6, 6.07) is 0. The van der Waals surface area contributed by atoms with E-state index in [1.807, 2.05) is 0 Å². The van der Waals surface area contributed by atoms with Crippen molar-refractivity contribution in [2.24, 2.45) is 5.73 Å². The molecule has 0 aromatic heterocycles. The molecule has 0 fully saturated rings. The van der Waals surface area contributed by atoms with Gasteiger partial charge in [0, 0.05) is 12.8 Å². The van der Waals surface area contributed by atoms with Gasteiger partial charge in [0.05, 0.1) is 0 Å². The lowest BCUT2D eigenvalue weighted by Gasteiger charge is -2.09. The first-order chi connectivity index (χ1) is 5.12. The minimum absolute atomic E-state index is 0.0382. The number of nitrogens with two attached hydrogens (primary N) is 1. The van der Waals surface area contributed by atoms with Crippen molar-refractivity contribution in [1.82, 2.24) is 0 Å². The molecule has 0 aliphatic rings. The first-order valence-corrected chi connectivity index (χ1v) is 5.74. The van der Waals surface area contributed by atoms with Gasteiger partial charge in [0.1, 0.15) is 6.35 Å². The number of hydrogen-bond donors (Lipinski definition) is 2. The van der Waals surface area contributed by atoms with Crippen LogP contribution in [-0.2, 0) is 9.30 Å². The maximum Gasteiger partial charge on any atom is 0.225 e. The molecule has 0 heterocycles. The van der Waals surface area contributed by atoms with Crippen molar-refractivity contribution >= 4 is 7.37 Å². The Kier molecular flexibility index (Phi) is 5.78. The van der Waals surface area contributed by atoms with Crippen LogP contribution in [0.15, 0.2) is 0 Å². The molecule has 0 aliphatic carbocycles. The lowest BCUT2D eigenvalue weighted by atomic mass is 10.5. The van der Waals surface area contributed by atoms with Crippen molar-refractivity contribution in [3.63, 3.8) is 0 Å². The van der Waals surface area contributed by atoms with Crippen LogP contribution in [0.5, 0.6) is 0 Å². The summed E-state index contributed by atoms with van der Waals surface area (Å²) in [5, 5.41) is 0. The maximum atomic E-state index is 11.1. The van der Waals surface area contributed by atoms with Crippen LogP contribution in [0.2, 0.25) is 0 Å². The minimum Gasteiger partial charge on any atom is -0.372 e. The molecule has 0 saturated heterocycles. The van der Waals surface area contributed by atoms with Gasteiger partial charge >= 0.3 is 0 Å². The standard InChI is InChI=1S/C6H16NO3P/c1-2-10-6-11(8,9)5-3-4-7/h2-7H2,1H3,(H,8,9). The highest BCUT2D eigenvalue weighted by atomic mass is 31.2. The van der Waals surface area contributed by atoms with E-state index in [0.29, 0.717) is 19.6 Å². The third kappa shape index (κ3) is 6.51. The monoisotopic (exact) mass is 181 g/mol. The molecule has 0 aliphatic heterocycles. The summed E-state index contributed by atoms with van der Waals surface area (Å²) in [6.07, 6.45) is 0.813. The van der Waals surface area contributed by atoms with Gasteiger partial charge in [0.2, 0.25) is 7.37 Å². The summed E-state index contributed by atoms with van der Waals surface area (Å²) in [5.74, 6) is 0. The van der Waals surface area contributed by atoms with E-state index in [-0.39, 0.29) is 12.5 Å². The summed E-state index contributed by atoms with van der Waals surface area (Å²) in [7, 11) is -3.03. The molecule has 1 unspecified atom stereocenters. The molecular formula is C6H16NO3P. The average Bonchev–Trinajstić information content (AvgIpc) is 1.97. The van der Waals surface area contributed by atoms with Gasteiger partial charge in [-0.2, -0.15) is 0 Å². The van der Waals surface area contributed by atoms with E-state index in [1.54, 1.807) is 6.92 Å². The molecule has 4 nitrogen and oxygen atoms in total. The zero-order chi connectivity index (χ0) is 8.74. The predicted octanol–water partition coefficient (Wildman–Crippen LogP) is 0.600. The van der Waals surface area contributed by atoms with Crippen LogP contribution in [0.3, 0.4) is 0 Å². The van der Waals surface area contributed by atoms with Crippen LogP contribution < -0.4 is 5.73 Å². The van der Waals surface area contributed by atoms with E-state index >= 15 is 0 Å². The Labute approximate surface area is 67.2 Å². The molecule has 3 N–H and O–H groups in total. The highest BCUT2D eigenvalue weighted by Gasteiger charge is 2.16. The fourth-order valence-electron chi connectivity index (χ4n) is 0.637. The van der Waals surface area contributed by atoms with Gasteiger partial charge < -0.3 is 15.4 Å². The van der Waals surface area contributed by atoms with Crippen LogP contribution in [0, 0.1) is 0 Å². The maximum absolute atomic E-state index is 11.1. The van der Waals surface area contributed by atoms with E-state index in [2.05, 4.69) is 0 Å². The highest BCUT2D eigenvalue weighted by Crippen LogP contribution is 2.40. The molecule has 0 bridgehead atoms. The van der Waals surface area contributed by atoms with Gasteiger partial charge in [0.15, 0.2) is 0 Å². The first kappa shape index (κ1) is 11.1. The van der Waals surface area contributed by atoms with Gasteiger partial charge in [-0.1, -0.05) is 0 Å². The van der Waals surface area contributed by atoms with E-state index in [1.165, 1.54) is 0 Å². The van der Waals surface area contributed by atoms with Gasteiger partial charge in [-0.3, -0.25) is 4.57 Å². The van der Waals surface area contributed by atoms with Crippen molar-refractivity contribution < 1.29 is 14.2 Å². The topological polar surface area (TPSA) is 72.5 Å². The van der Waals surface area contributed by atoms with Crippen LogP contribution in [0.25, 0.3) is 0 Å². The summed E-state index contributed by atoms with van der Waals surface area (Å²) < 4.78 is 15.9. The Balaban J connectivity index is 3.53. The van der Waals surface area contributed by atoms with Crippen molar-refractivity contribution in [3.05, 3.63) is 0 Å². The second-order valence-corrected chi connectivity index (χ2v) is 4.73. The summed E-state index contributed by atoms with van der Waals surface area (Å²) >= 11 is 0. The SMILES string of the molecule is CCOCP(=O)(O)CCCN. The second-order valence-electron chi connectivity index (χ2n) is 2.33. The van der Waals surface area contributed by atoms with Gasteiger partial charge in [-0.05, 0) is 19.9 Å². The van der Waals surface area contributed by atoms with Crippen LogP contribution >= 0.6 is 7.37 Å². The summed E-state index contributed by atoms with van der Waals surface area (Å²) in [5.41, 5.74) is 5.19. The van der Waals surface area contributed by atoms with Gasteiger partial charge in [-0.25, -0.2) is 0 Å². The first-order valence-electron chi connectivity index (χ1n) is 3.71. The smallest absolute Gasteiger partial charge is 0.225 e. The third-order valence-electron chi connectivity index (χ3n) is 1.21. The molecule has 68 valence electrons. The van der Waals surface area contributed by atoms with Gasteiger partial charge in [0.25, 0.3) is 0 Å². The van der Waals surface area contributed by atoms with E-state index in [0.717, 1.165) is 0 Å². The number of rotatable bonds is 6. The number of hydrogen-bond acceptors (Lipinski definition) is 3. The highest BCUT2D eigenvalue weighted by molar-refractivity contribution is 7.57. The Bertz CT molecular complexity index is 128. The molecule has 11 heavy (non-hydrogen) atoms. The lowest BCUT2D eigenvalue weighted by Crippen LogP contribution is -2.05. The molecule has 0 amide bonds. The molecule has 0 saturated carbocycles. The fraction of sp³-hybridized carbons (Fsp3) is 1.00. The zero-order valence-corrected chi connectivity index (χ0v) is 7.72. The fourth-order valence-corrected chi connectivity index (χ4v) is 1.91. The molecule has 0 aromatic carbocycles. The average molecular weight is 181 g/mol. The summed E-state index contributed by atoms with van der Waals surface area (Å²) in [4.78, 5) is 9.15. The molecule has 0 spiro atoms. The molecule has 0 aromatic rings. The Morgan fingerprint density at radius 2 is 2.27 bits per heavy atom. The van der Waals surface area contributed by atoms with Crippen LogP contribution in [-0.4, -0.2) is 30.6 Å². The molecule has 5 heteroatoms. The van der Waals surface area contributed by atoms with Crippen molar-refractivity contribution in [3.8, 4) is 0 Å². The second kappa shape index (κ2) is 5.72. The van der Waals surface area contributed by atoms with E-state index < -0.39 is 7.37 Å². The molecule has 0 radical (unpaired) electrons. The van der Waals surface area contributed by atoms with Crippen molar-refractivity contribution in [2.75, 3.05) is 25.7 Å². The molecule has 0 rings (SSSR count). The number of ether oxygens (including phenoxy) is 1. The van der Waals surface area contributed by atoms with Crippen LogP contribution in [0.4, 0.5) is 0 Å². The van der Waals surface area contributed by atoms with E-state index in [4.69, 9.17) is 15.4 Å². The quantitative estimate of drug-likeness (QED) is 0.588. The Morgan fingerprint density at radius 3 is 2.73 bits per heavy atom. The molecule has 1 atom stereocenters. The normalized spacial score (nSPS) is 16.3. The zero-order valence-electron chi connectivity index (χ0n) is 6.82. The largest absolute Gasteiger partial charge is 0.372 e.